The monoisotopic (exact) mass is 201 g/mol. The predicted molar refractivity (Wildman–Crippen MR) is 40.7 cm³/mol. The normalized spacial score (nSPS) is 16.9. The maximum Gasteiger partial charge on any atom is 0.200 e. The van der Waals surface area contributed by atoms with Gasteiger partial charge in [-0.05, 0) is 28.8 Å². The molecule has 0 unspecified atom stereocenters. The van der Waals surface area contributed by atoms with Gasteiger partial charge >= 0.3 is 0 Å². The van der Waals surface area contributed by atoms with Crippen molar-refractivity contribution in [1.29, 1.82) is 0 Å². The minimum absolute atomic E-state index is 0.877. The molecule has 1 aromatic rings. The van der Waals surface area contributed by atoms with Gasteiger partial charge in [-0.2, -0.15) is 0 Å². The highest BCUT2D eigenvalue weighted by atomic mass is 79.9. The van der Waals surface area contributed by atoms with Crippen molar-refractivity contribution in [3.05, 3.63) is 10.6 Å². The van der Waals surface area contributed by atoms with Crippen LogP contribution in [0.5, 0.6) is 0 Å². The zero-order valence-corrected chi connectivity index (χ0v) is 7.13. The van der Waals surface area contributed by atoms with Gasteiger partial charge in [0.15, 0.2) is 4.73 Å². The molecule has 4 heteroatoms. The first kappa shape index (κ1) is 6.34. The number of nitrogens with zero attached hydrogens (tertiary/aromatic N) is 3. The van der Waals surface area contributed by atoms with Crippen molar-refractivity contribution in [2.24, 2.45) is 0 Å². The first-order valence-corrected chi connectivity index (χ1v) is 4.25. The van der Waals surface area contributed by atoms with Gasteiger partial charge in [0.25, 0.3) is 0 Å². The number of halogens is 1. The number of aromatic nitrogens is 3. The highest BCUT2D eigenvalue weighted by Crippen LogP contribution is 2.16. The highest BCUT2D eigenvalue weighted by Gasteiger charge is 2.12. The van der Waals surface area contributed by atoms with Crippen molar-refractivity contribution in [2.75, 3.05) is 0 Å². The Bertz CT molecular complexity index is 243. The summed E-state index contributed by atoms with van der Waals surface area (Å²) in [6, 6.07) is 0. The molecule has 1 aliphatic rings. The fraction of sp³-hybridized carbons (Fsp3) is 0.667. The average Bonchev–Trinajstić information content (AvgIpc) is 2.34. The molecule has 0 saturated carbocycles. The number of hydrogen-bond donors (Lipinski definition) is 0. The Morgan fingerprint density at radius 1 is 1.30 bits per heavy atom. The lowest BCUT2D eigenvalue weighted by Gasteiger charge is -2.11. The fourth-order valence-electron chi connectivity index (χ4n) is 1.27. The average molecular weight is 202 g/mol. The molecule has 3 nitrogen and oxygen atoms in total. The smallest absolute Gasteiger partial charge is 0.200 e. The van der Waals surface area contributed by atoms with Crippen molar-refractivity contribution >= 4 is 15.9 Å². The maximum absolute atomic E-state index is 4.02. The van der Waals surface area contributed by atoms with Crippen molar-refractivity contribution in [3.8, 4) is 0 Å². The third-order valence-corrected chi connectivity index (χ3v) is 2.40. The van der Waals surface area contributed by atoms with Crippen LogP contribution < -0.4 is 0 Å². The Balaban J connectivity index is 2.45. The Labute approximate surface area is 67.6 Å². The fourth-order valence-corrected chi connectivity index (χ4v) is 1.73. The lowest BCUT2D eigenvalue weighted by atomic mass is 10.2. The summed E-state index contributed by atoms with van der Waals surface area (Å²) in [5.41, 5.74) is 0. The SMILES string of the molecule is Brc1nnc2n1CCCC2. The van der Waals surface area contributed by atoms with Crippen LogP contribution in [0.25, 0.3) is 0 Å². The van der Waals surface area contributed by atoms with Crippen LogP contribution in [0.4, 0.5) is 0 Å². The van der Waals surface area contributed by atoms with Crippen molar-refractivity contribution in [1.82, 2.24) is 14.8 Å². The van der Waals surface area contributed by atoms with E-state index in [2.05, 4.69) is 30.7 Å². The molecule has 2 rings (SSSR count). The number of hydrogen-bond acceptors (Lipinski definition) is 2. The highest BCUT2D eigenvalue weighted by molar-refractivity contribution is 9.10. The molecular weight excluding hydrogens is 194 g/mol. The van der Waals surface area contributed by atoms with Crippen LogP contribution in [-0.2, 0) is 13.0 Å². The van der Waals surface area contributed by atoms with E-state index in [1.165, 1.54) is 12.8 Å². The van der Waals surface area contributed by atoms with Gasteiger partial charge in [0.2, 0.25) is 0 Å². The van der Waals surface area contributed by atoms with Crippen LogP contribution in [0.2, 0.25) is 0 Å². The van der Waals surface area contributed by atoms with Gasteiger partial charge in [0.1, 0.15) is 5.82 Å². The summed E-state index contributed by atoms with van der Waals surface area (Å²) in [5.74, 6) is 1.12. The van der Waals surface area contributed by atoms with E-state index in [4.69, 9.17) is 0 Å². The summed E-state index contributed by atoms with van der Waals surface area (Å²) < 4.78 is 3.01. The molecule has 1 aromatic heterocycles. The van der Waals surface area contributed by atoms with Crippen LogP contribution >= 0.6 is 15.9 Å². The van der Waals surface area contributed by atoms with Crippen LogP contribution in [0, 0.1) is 0 Å². The Kier molecular flexibility index (Phi) is 1.48. The van der Waals surface area contributed by atoms with Crippen molar-refractivity contribution in [2.45, 2.75) is 25.8 Å². The van der Waals surface area contributed by atoms with E-state index < -0.39 is 0 Å². The second-order valence-electron chi connectivity index (χ2n) is 2.49. The summed E-state index contributed by atoms with van der Waals surface area (Å²) in [5, 5.41) is 7.95. The molecule has 1 aliphatic heterocycles. The molecule has 0 spiro atoms. The van der Waals surface area contributed by atoms with Gasteiger partial charge in [-0.15, -0.1) is 10.2 Å². The van der Waals surface area contributed by atoms with Crippen LogP contribution in [0.3, 0.4) is 0 Å². The zero-order valence-electron chi connectivity index (χ0n) is 5.55. The Hall–Kier alpha value is -0.380. The van der Waals surface area contributed by atoms with E-state index >= 15 is 0 Å². The maximum atomic E-state index is 4.02. The summed E-state index contributed by atoms with van der Waals surface area (Å²) in [6.45, 7) is 1.07. The second kappa shape index (κ2) is 2.34. The van der Waals surface area contributed by atoms with E-state index in [9.17, 15) is 0 Å². The molecule has 0 fully saturated rings. The predicted octanol–water partition coefficient (Wildman–Crippen LogP) is 1.38. The van der Waals surface area contributed by atoms with Gasteiger partial charge in [-0.3, -0.25) is 0 Å². The molecule has 0 aromatic carbocycles. The van der Waals surface area contributed by atoms with Gasteiger partial charge in [0.05, 0.1) is 0 Å². The minimum atomic E-state index is 0.877. The van der Waals surface area contributed by atoms with Crippen LogP contribution in [0.1, 0.15) is 18.7 Å². The Morgan fingerprint density at radius 2 is 2.20 bits per heavy atom. The molecule has 0 bridgehead atoms. The van der Waals surface area contributed by atoms with E-state index in [0.717, 1.165) is 23.5 Å². The molecule has 0 radical (unpaired) electrons. The molecule has 0 aliphatic carbocycles. The van der Waals surface area contributed by atoms with E-state index in [1.54, 1.807) is 0 Å². The molecular formula is C6H8BrN3. The van der Waals surface area contributed by atoms with Gasteiger partial charge in [-0.1, -0.05) is 0 Å². The standard InChI is InChI=1S/C6H8BrN3/c7-6-9-8-5-3-1-2-4-10(5)6/h1-4H2. The summed E-state index contributed by atoms with van der Waals surface area (Å²) in [4.78, 5) is 0. The molecule has 0 saturated heterocycles. The summed E-state index contributed by atoms with van der Waals surface area (Å²) in [6.07, 6.45) is 3.59. The number of fused-ring (bicyclic) bond motifs is 1. The second-order valence-corrected chi connectivity index (χ2v) is 3.20. The minimum Gasteiger partial charge on any atom is -0.306 e. The molecule has 0 amide bonds. The number of rotatable bonds is 0. The van der Waals surface area contributed by atoms with Gasteiger partial charge in [-0.25, -0.2) is 0 Å². The largest absolute Gasteiger partial charge is 0.306 e. The Morgan fingerprint density at radius 3 is 3.00 bits per heavy atom. The summed E-state index contributed by atoms with van der Waals surface area (Å²) >= 11 is 3.34. The van der Waals surface area contributed by atoms with Crippen molar-refractivity contribution in [3.63, 3.8) is 0 Å². The first-order valence-electron chi connectivity index (χ1n) is 3.45. The van der Waals surface area contributed by atoms with E-state index in [-0.39, 0.29) is 0 Å². The zero-order chi connectivity index (χ0) is 6.97. The van der Waals surface area contributed by atoms with Crippen molar-refractivity contribution < 1.29 is 0 Å². The molecule has 10 heavy (non-hydrogen) atoms. The topological polar surface area (TPSA) is 30.7 Å². The van der Waals surface area contributed by atoms with Crippen LogP contribution in [0.15, 0.2) is 4.73 Å². The lowest BCUT2D eigenvalue weighted by Crippen LogP contribution is -2.10. The lowest BCUT2D eigenvalue weighted by molar-refractivity contribution is 0.516. The van der Waals surface area contributed by atoms with E-state index in [0.29, 0.717) is 0 Å². The third-order valence-electron chi connectivity index (χ3n) is 1.81. The molecule has 0 N–H and O–H groups in total. The van der Waals surface area contributed by atoms with E-state index in [1.807, 2.05) is 0 Å². The molecule has 0 atom stereocenters. The number of aryl methyl sites for hydroxylation is 1. The third kappa shape index (κ3) is 0.868. The molecule has 54 valence electrons. The van der Waals surface area contributed by atoms with Gasteiger partial charge in [0, 0.05) is 13.0 Å². The van der Waals surface area contributed by atoms with Crippen LogP contribution in [-0.4, -0.2) is 14.8 Å². The van der Waals surface area contributed by atoms with Gasteiger partial charge < -0.3 is 4.57 Å². The first-order chi connectivity index (χ1) is 4.88. The quantitative estimate of drug-likeness (QED) is 0.636. The summed E-state index contributed by atoms with van der Waals surface area (Å²) in [7, 11) is 0. The molecule has 2 heterocycles.